The average molecular weight is 334 g/mol. The van der Waals surface area contributed by atoms with Gasteiger partial charge in [0.25, 0.3) is 0 Å². The predicted molar refractivity (Wildman–Crippen MR) is 78.3 cm³/mol. The molecular weight excluding hydrogens is 322 g/mol. The molecular formula is C15H12Cl2F3N. The molecule has 0 bridgehead atoms. The summed E-state index contributed by atoms with van der Waals surface area (Å²) in [5, 5.41) is 3.70. The maximum absolute atomic E-state index is 13.8. The fraction of sp³-hybridized carbons (Fsp3) is 0.200. The van der Waals surface area contributed by atoms with Crippen molar-refractivity contribution < 1.29 is 13.2 Å². The van der Waals surface area contributed by atoms with Crippen molar-refractivity contribution in [3.05, 3.63) is 69.0 Å². The SMILES string of the molecule is CNC(Cc1ccc(Cl)cc1Cl)c1c(F)cc(F)cc1F. The van der Waals surface area contributed by atoms with Crippen LogP contribution in [0.1, 0.15) is 17.2 Å². The first-order chi connectivity index (χ1) is 9.92. The van der Waals surface area contributed by atoms with E-state index in [1.165, 1.54) is 0 Å². The molecule has 6 heteroatoms. The fourth-order valence-corrected chi connectivity index (χ4v) is 2.63. The van der Waals surface area contributed by atoms with Crippen LogP contribution in [0.4, 0.5) is 13.2 Å². The van der Waals surface area contributed by atoms with Gasteiger partial charge in [-0.2, -0.15) is 0 Å². The summed E-state index contributed by atoms with van der Waals surface area (Å²) in [6, 6.07) is 5.53. The summed E-state index contributed by atoms with van der Waals surface area (Å²) in [7, 11) is 1.57. The van der Waals surface area contributed by atoms with Crippen LogP contribution in [0, 0.1) is 17.5 Å². The summed E-state index contributed by atoms with van der Waals surface area (Å²) in [5.74, 6) is -2.82. The number of benzene rings is 2. The van der Waals surface area contributed by atoms with Crippen molar-refractivity contribution in [2.24, 2.45) is 0 Å². The lowest BCUT2D eigenvalue weighted by Crippen LogP contribution is -2.22. The van der Waals surface area contributed by atoms with Gasteiger partial charge >= 0.3 is 0 Å². The second kappa shape index (κ2) is 6.69. The highest BCUT2D eigenvalue weighted by molar-refractivity contribution is 6.35. The van der Waals surface area contributed by atoms with Gasteiger partial charge in [-0.15, -0.1) is 0 Å². The summed E-state index contributed by atoms with van der Waals surface area (Å²) in [6.07, 6.45) is 0.242. The molecule has 2 aromatic carbocycles. The number of rotatable bonds is 4. The summed E-state index contributed by atoms with van der Waals surface area (Å²) in [6.45, 7) is 0. The summed E-state index contributed by atoms with van der Waals surface area (Å²) in [5.41, 5.74) is 0.466. The summed E-state index contributed by atoms with van der Waals surface area (Å²) < 4.78 is 40.7. The van der Waals surface area contributed by atoms with Gasteiger partial charge in [0, 0.05) is 33.8 Å². The molecule has 0 heterocycles. The minimum Gasteiger partial charge on any atom is -0.313 e. The van der Waals surface area contributed by atoms with Gasteiger partial charge in [0.15, 0.2) is 0 Å². The third-order valence-corrected chi connectivity index (χ3v) is 3.77. The number of nitrogens with one attached hydrogen (secondary N) is 1. The molecule has 21 heavy (non-hydrogen) atoms. The molecule has 1 unspecified atom stereocenters. The van der Waals surface area contributed by atoms with Gasteiger partial charge in [0.2, 0.25) is 0 Å². The predicted octanol–water partition coefficient (Wildman–Crippen LogP) is 4.91. The zero-order valence-electron chi connectivity index (χ0n) is 11.1. The van der Waals surface area contributed by atoms with E-state index >= 15 is 0 Å². The Morgan fingerprint density at radius 1 is 1.05 bits per heavy atom. The molecule has 2 rings (SSSR count). The van der Waals surface area contributed by atoms with E-state index in [2.05, 4.69) is 5.32 Å². The van der Waals surface area contributed by atoms with E-state index in [4.69, 9.17) is 23.2 Å². The number of likely N-dealkylation sites (N-methyl/N-ethyl adjacent to an activating group) is 1. The Hall–Kier alpha value is -1.23. The number of hydrogen-bond donors (Lipinski definition) is 1. The first kappa shape index (κ1) is 16.1. The largest absolute Gasteiger partial charge is 0.313 e. The molecule has 2 aromatic rings. The number of hydrogen-bond acceptors (Lipinski definition) is 1. The van der Waals surface area contributed by atoms with Crippen molar-refractivity contribution in [1.82, 2.24) is 5.32 Å². The Morgan fingerprint density at radius 3 is 2.19 bits per heavy atom. The normalized spacial score (nSPS) is 12.5. The van der Waals surface area contributed by atoms with Crippen LogP contribution in [0.2, 0.25) is 10.0 Å². The minimum absolute atomic E-state index is 0.218. The summed E-state index contributed by atoms with van der Waals surface area (Å²) >= 11 is 11.9. The van der Waals surface area contributed by atoms with Crippen molar-refractivity contribution in [1.29, 1.82) is 0 Å². The monoisotopic (exact) mass is 333 g/mol. The van der Waals surface area contributed by atoms with Gasteiger partial charge in [0.05, 0.1) is 0 Å². The van der Waals surface area contributed by atoms with Crippen LogP contribution < -0.4 is 5.32 Å². The van der Waals surface area contributed by atoms with E-state index in [0.29, 0.717) is 27.7 Å². The van der Waals surface area contributed by atoms with Gasteiger partial charge < -0.3 is 5.32 Å². The maximum Gasteiger partial charge on any atom is 0.133 e. The van der Waals surface area contributed by atoms with Crippen LogP contribution in [0.5, 0.6) is 0 Å². The van der Waals surface area contributed by atoms with Crippen molar-refractivity contribution >= 4 is 23.2 Å². The Bertz CT molecular complexity index is 638. The quantitative estimate of drug-likeness (QED) is 0.837. The first-order valence-corrected chi connectivity index (χ1v) is 6.93. The van der Waals surface area contributed by atoms with E-state index in [1.807, 2.05) is 0 Å². The maximum atomic E-state index is 13.8. The van der Waals surface area contributed by atoms with Crippen LogP contribution in [0.25, 0.3) is 0 Å². The molecule has 1 atom stereocenters. The molecule has 0 saturated heterocycles. The Balaban J connectivity index is 2.37. The van der Waals surface area contributed by atoms with Gasteiger partial charge in [-0.3, -0.25) is 0 Å². The molecule has 112 valence electrons. The zero-order chi connectivity index (χ0) is 15.6. The second-order valence-corrected chi connectivity index (χ2v) is 5.41. The first-order valence-electron chi connectivity index (χ1n) is 6.18. The lowest BCUT2D eigenvalue weighted by Gasteiger charge is -2.19. The van der Waals surface area contributed by atoms with Gasteiger partial charge in [0.1, 0.15) is 17.5 Å². The zero-order valence-corrected chi connectivity index (χ0v) is 12.6. The van der Waals surface area contributed by atoms with Crippen LogP contribution in [0.15, 0.2) is 30.3 Å². The third kappa shape index (κ3) is 3.70. The van der Waals surface area contributed by atoms with Crippen molar-refractivity contribution in [2.45, 2.75) is 12.5 Å². The molecule has 0 saturated carbocycles. The highest BCUT2D eigenvalue weighted by atomic mass is 35.5. The smallest absolute Gasteiger partial charge is 0.133 e. The van der Waals surface area contributed by atoms with Crippen LogP contribution in [-0.2, 0) is 6.42 Å². The molecule has 0 aromatic heterocycles. The lowest BCUT2D eigenvalue weighted by molar-refractivity contribution is 0.475. The average Bonchev–Trinajstić information content (AvgIpc) is 2.39. The molecule has 0 aliphatic rings. The summed E-state index contributed by atoms with van der Waals surface area (Å²) in [4.78, 5) is 0. The van der Waals surface area contributed by atoms with E-state index < -0.39 is 23.5 Å². The molecule has 1 nitrogen and oxygen atoms in total. The molecule has 0 spiro atoms. The lowest BCUT2D eigenvalue weighted by atomic mass is 9.98. The molecule has 0 fully saturated rings. The molecule has 0 aliphatic heterocycles. The topological polar surface area (TPSA) is 12.0 Å². The van der Waals surface area contributed by atoms with E-state index in [-0.39, 0.29) is 12.0 Å². The van der Waals surface area contributed by atoms with Crippen molar-refractivity contribution in [2.75, 3.05) is 7.05 Å². The Labute approximate surface area is 130 Å². The Morgan fingerprint density at radius 2 is 1.67 bits per heavy atom. The van der Waals surface area contributed by atoms with Crippen molar-refractivity contribution in [3.63, 3.8) is 0 Å². The molecule has 0 radical (unpaired) electrons. The molecule has 0 amide bonds. The van der Waals surface area contributed by atoms with E-state index in [0.717, 1.165) is 0 Å². The highest BCUT2D eigenvalue weighted by Gasteiger charge is 2.21. The Kier molecular flexibility index (Phi) is 5.14. The number of halogens is 5. The minimum atomic E-state index is -0.951. The van der Waals surface area contributed by atoms with E-state index in [9.17, 15) is 13.2 Å². The molecule has 1 N–H and O–H groups in total. The fourth-order valence-electron chi connectivity index (χ4n) is 2.14. The second-order valence-electron chi connectivity index (χ2n) is 4.56. The van der Waals surface area contributed by atoms with Crippen molar-refractivity contribution in [3.8, 4) is 0 Å². The third-order valence-electron chi connectivity index (χ3n) is 3.18. The standard InChI is InChI=1S/C15H12Cl2F3N/c1-21-14(4-8-2-3-9(16)5-11(8)17)15-12(19)6-10(18)7-13(15)20/h2-3,5-7,14,21H,4H2,1H3. The van der Waals surface area contributed by atoms with Crippen LogP contribution in [0.3, 0.4) is 0 Å². The van der Waals surface area contributed by atoms with E-state index in [1.54, 1.807) is 25.2 Å². The van der Waals surface area contributed by atoms with Gasteiger partial charge in [-0.05, 0) is 31.2 Å². The van der Waals surface area contributed by atoms with Gasteiger partial charge in [-0.25, -0.2) is 13.2 Å². The van der Waals surface area contributed by atoms with Crippen LogP contribution in [-0.4, -0.2) is 7.05 Å². The van der Waals surface area contributed by atoms with Gasteiger partial charge in [-0.1, -0.05) is 29.3 Å². The van der Waals surface area contributed by atoms with Crippen LogP contribution >= 0.6 is 23.2 Å². The highest BCUT2D eigenvalue weighted by Crippen LogP contribution is 2.29. The molecule has 0 aliphatic carbocycles.